The molecular formula is C14H14FNO2. The van der Waals surface area contributed by atoms with Gasteiger partial charge in [0.1, 0.15) is 6.04 Å². The summed E-state index contributed by atoms with van der Waals surface area (Å²) in [5, 5.41) is 8.76. The van der Waals surface area contributed by atoms with Gasteiger partial charge in [-0.2, -0.15) is 0 Å². The molecule has 1 aromatic carbocycles. The molecule has 3 nitrogen and oxygen atoms in total. The van der Waals surface area contributed by atoms with Gasteiger partial charge in [-0.05, 0) is 17.2 Å². The highest BCUT2D eigenvalue weighted by Gasteiger charge is 2.39. The van der Waals surface area contributed by atoms with Crippen LogP contribution in [0.5, 0.6) is 0 Å². The number of allylic oxidation sites excluding steroid dienone is 3. The van der Waals surface area contributed by atoms with Crippen LogP contribution in [0.3, 0.4) is 0 Å². The highest BCUT2D eigenvalue weighted by Crippen LogP contribution is 2.31. The van der Waals surface area contributed by atoms with Gasteiger partial charge in [0, 0.05) is 6.42 Å². The molecule has 0 aromatic heterocycles. The van der Waals surface area contributed by atoms with Gasteiger partial charge < -0.3 is 10.8 Å². The highest BCUT2D eigenvalue weighted by atomic mass is 19.1. The van der Waals surface area contributed by atoms with E-state index in [1.54, 1.807) is 12.2 Å². The Labute approximate surface area is 104 Å². The molecule has 1 aliphatic carbocycles. The molecule has 0 bridgehead atoms. The normalized spacial score (nSPS) is 24.4. The zero-order chi connectivity index (χ0) is 13.2. The van der Waals surface area contributed by atoms with Crippen molar-refractivity contribution < 1.29 is 14.3 Å². The number of hydrogen-bond acceptors (Lipinski definition) is 2. The van der Waals surface area contributed by atoms with Crippen LogP contribution in [0.4, 0.5) is 4.39 Å². The maximum absolute atomic E-state index is 14.3. The number of rotatable bonds is 3. The van der Waals surface area contributed by atoms with Crippen molar-refractivity contribution in [3.63, 3.8) is 0 Å². The first kappa shape index (κ1) is 12.5. The van der Waals surface area contributed by atoms with Crippen LogP contribution in [0, 0.1) is 0 Å². The van der Waals surface area contributed by atoms with E-state index < -0.39 is 17.7 Å². The molecule has 2 rings (SSSR count). The van der Waals surface area contributed by atoms with E-state index in [4.69, 9.17) is 10.8 Å². The Bertz CT molecular complexity index is 510. The summed E-state index contributed by atoms with van der Waals surface area (Å²) in [5.41, 5.74) is 5.19. The second-order valence-corrected chi connectivity index (χ2v) is 4.31. The smallest absolute Gasteiger partial charge is 0.324 e. The minimum absolute atomic E-state index is 0.0266. The van der Waals surface area contributed by atoms with E-state index in [0.29, 0.717) is 0 Å². The third-order valence-electron chi connectivity index (χ3n) is 3.06. The Kier molecular flexibility index (Phi) is 3.30. The van der Waals surface area contributed by atoms with E-state index in [1.807, 2.05) is 30.3 Å². The first-order chi connectivity index (χ1) is 8.53. The van der Waals surface area contributed by atoms with Gasteiger partial charge in [-0.25, -0.2) is 4.39 Å². The maximum atomic E-state index is 14.3. The Morgan fingerprint density at radius 3 is 2.56 bits per heavy atom. The molecule has 0 heterocycles. The second-order valence-electron chi connectivity index (χ2n) is 4.31. The fourth-order valence-electron chi connectivity index (χ4n) is 1.91. The molecular weight excluding hydrogens is 233 g/mol. The summed E-state index contributed by atoms with van der Waals surface area (Å²) >= 11 is 0. The summed E-state index contributed by atoms with van der Waals surface area (Å²) in [7, 11) is 0. The fourth-order valence-corrected chi connectivity index (χ4v) is 1.91. The third kappa shape index (κ3) is 2.33. The van der Waals surface area contributed by atoms with E-state index in [0.717, 1.165) is 11.1 Å². The molecule has 3 N–H and O–H groups in total. The average molecular weight is 247 g/mol. The molecule has 0 amide bonds. The minimum atomic E-state index is -2.01. The summed E-state index contributed by atoms with van der Waals surface area (Å²) in [5.74, 6) is -1.33. The van der Waals surface area contributed by atoms with Gasteiger partial charge in [0.15, 0.2) is 5.67 Å². The number of hydrogen-bond donors (Lipinski definition) is 2. The summed E-state index contributed by atoms with van der Waals surface area (Å²) in [6.45, 7) is 0. The number of carboxylic acids is 1. The van der Waals surface area contributed by atoms with Gasteiger partial charge in [-0.3, -0.25) is 4.79 Å². The average Bonchev–Trinajstić information content (AvgIpc) is 2.39. The third-order valence-corrected chi connectivity index (χ3v) is 3.06. The first-order valence-corrected chi connectivity index (χ1v) is 5.65. The summed E-state index contributed by atoms with van der Waals surface area (Å²) in [6.07, 6.45) is 4.48. The van der Waals surface area contributed by atoms with Crippen LogP contribution in [0.25, 0.3) is 5.57 Å². The molecule has 1 aliphatic rings. The van der Waals surface area contributed by atoms with E-state index in [1.165, 1.54) is 6.08 Å². The molecule has 0 aliphatic heterocycles. The molecule has 0 spiro atoms. The number of halogens is 1. The topological polar surface area (TPSA) is 63.3 Å². The van der Waals surface area contributed by atoms with Crippen molar-refractivity contribution in [3.8, 4) is 0 Å². The predicted molar refractivity (Wildman–Crippen MR) is 67.6 cm³/mol. The zero-order valence-electron chi connectivity index (χ0n) is 9.71. The predicted octanol–water partition coefficient (Wildman–Crippen LogP) is 2.15. The number of carbonyl (C=O) groups is 1. The second kappa shape index (κ2) is 4.74. The van der Waals surface area contributed by atoms with Gasteiger partial charge >= 0.3 is 5.97 Å². The van der Waals surface area contributed by atoms with Gasteiger partial charge in [0.25, 0.3) is 0 Å². The molecule has 2 unspecified atom stereocenters. The minimum Gasteiger partial charge on any atom is -0.480 e. The summed E-state index contributed by atoms with van der Waals surface area (Å²) < 4.78 is 14.3. The first-order valence-electron chi connectivity index (χ1n) is 5.65. The number of alkyl halides is 1. The van der Waals surface area contributed by atoms with Crippen molar-refractivity contribution in [1.82, 2.24) is 0 Å². The van der Waals surface area contributed by atoms with Crippen molar-refractivity contribution in [2.24, 2.45) is 5.73 Å². The van der Waals surface area contributed by atoms with Crippen LogP contribution >= 0.6 is 0 Å². The summed E-state index contributed by atoms with van der Waals surface area (Å²) in [6, 6.07) is 7.98. The standard InChI is InChI=1S/C14H14FNO2/c15-14(12(16)13(17)18)8-6-11(7-9-14)10-4-2-1-3-5-10/h1-8,12H,9,16H2,(H,17,18). The zero-order valence-corrected chi connectivity index (χ0v) is 9.71. The van der Waals surface area contributed by atoms with Crippen LogP contribution < -0.4 is 5.73 Å². The van der Waals surface area contributed by atoms with Crippen LogP contribution in [-0.4, -0.2) is 22.8 Å². The van der Waals surface area contributed by atoms with Crippen LogP contribution in [0.15, 0.2) is 48.6 Å². The van der Waals surface area contributed by atoms with Gasteiger partial charge in [0.2, 0.25) is 0 Å². The van der Waals surface area contributed by atoms with E-state index in [-0.39, 0.29) is 6.42 Å². The summed E-state index contributed by atoms with van der Waals surface area (Å²) in [4.78, 5) is 10.7. The highest BCUT2D eigenvalue weighted by molar-refractivity contribution is 5.79. The Balaban J connectivity index is 2.19. The van der Waals surface area contributed by atoms with Crippen molar-refractivity contribution in [1.29, 1.82) is 0 Å². The quantitative estimate of drug-likeness (QED) is 0.860. The van der Waals surface area contributed by atoms with Crippen molar-refractivity contribution in [3.05, 3.63) is 54.1 Å². The molecule has 0 radical (unpaired) electrons. The lowest BCUT2D eigenvalue weighted by molar-refractivity contribution is -0.141. The van der Waals surface area contributed by atoms with E-state index in [2.05, 4.69) is 0 Å². The molecule has 0 fully saturated rings. The number of carboxylic acid groups (broad SMARTS) is 1. The molecule has 4 heteroatoms. The fraction of sp³-hybridized carbons (Fsp3) is 0.214. The Morgan fingerprint density at radius 1 is 1.39 bits per heavy atom. The lowest BCUT2D eigenvalue weighted by Gasteiger charge is -2.27. The van der Waals surface area contributed by atoms with Crippen molar-refractivity contribution in [2.45, 2.75) is 18.1 Å². The SMILES string of the molecule is NC(C(=O)O)C1(F)C=CC(c2ccccc2)=CC1. The molecule has 2 atom stereocenters. The Hall–Kier alpha value is -1.94. The lowest BCUT2D eigenvalue weighted by Crippen LogP contribution is -2.48. The van der Waals surface area contributed by atoms with Crippen molar-refractivity contribution >= 4 is 11.5 Å². The largest absolute Gasteiger partial charge is 0.480 e. The number of aliphatic carboxylic acids is 1. The van der Waals surface area contributed by atoms with Crippen LogP contribution in [0.1, 0.15) is 12.0 Å². The maximum Gasteiger partial charge on any atom is 0.324 e. The number of nitrogens with two attached hydrogens (primary N) is 1. The van der Waals surface area contributed by atoms with Crippen LogP contribution in [0.2, 0.25) is 0 Å². The van der Waals surface area contributed by atoms with Crippen LogP contribution in [-0.2, 0) is 4.79 Å². The van der Waals surface area contributed by atoms with Crippen molar-refractivity contribution in [2.75, 3.05) is 0 Å². The van der Waals surface area contributed by atoms with Gasteiger partial charge in [0.05, 0.1) is 0 Å². The molecule has 0 saturated carbocycles. The van der Waals surface area contributed by atoms with E-state index in [9.17, 15) is 9.18 Å². The van der Waals surface area contributed by atoms with Gasteiger partial charge in [-0.15, -0.1) is 0 Å². The molecule has 18 heavy (non-hydrogen) atoms. The molecule has 0 saturated heterocycles. The monoisotopic (exact) mass is 247 g/mol. The Morgan fingerprint density at radius 2 is 2.06 bits per heavy atom. The van der Waals surface area contributed by atoms with E-state index >= 15 is 0 Å². The molecule has 1 aromatic rings. The van der Waals surface area contributed by atoms with Gasteiger partial charge in [-0.1, -0.05) is 42.5 Å². The number of benzene rings is 1. The molecule has 94 valence electrons. The lowest BCUT2D eigenvalue weighted by atomic mass is 9.86.